The zero-order chi connectivity index (χ0) is 91.1. The first-order valence-corrected chi connectivity index (χ1v) is 26.1. The van der Waals surface area contributed by atoms with E-state index in [4.69, 9.17) is 50.8 Å². The van der Waals surface area contributed by atoms with E-state index in [0.29, 0.717) is 27.4 Å². The Morgan fingerprint density at radius 1 is 0.582 bits per heavy atom. The van der Waals surface area contributed by atoms with Crippen molar-refractivity contribution in [2.45, 2.75) is 115 Å². The molecule has 0 atom stereocenters. The van der Waals surface area contributed by atoms with E-state index in [9.17, 15) is 19.2 Å². The fourth-order valence-electron chi connectivity index (χ4n) is 10.6. The van der Waals surface area contributed by atoms with Crippen LogP contribution >= 0.6 is 0 Å². The Labute approximate surface area is 543 Å². The SMILES string of the molecule is [2H]c1c([2H])c2c(c([2H])c1-c1cccc(-c3c([2H])c([2H])c4c(c3[2H])C(C([2H])([2H])[2H])(C([2H])([2H])[2H])C([2H])([2H])C([2H])([2H])C4(C([2H])([2H])[2H])C([2H])([2H])[2H])c1-[n+]1[c-]n(-c3[c-]c(Oc4[c-]c5c(cc4)c4ccccc4n5-c4cc5c(cn4)-c4ccccc4[Si]5(C([2H])([2H])[2H])C([2H])([2H])[2H])ccc3)c3ccccc31)C(C([2H])([2H])[2H])(C([2H])([2H])[2H])C([2H])([2H])C([2H])([2H])C2(C([2H])([2H])[2H])C([2H])([2H])[2H].[Pt]. The molecule has 3 aromatic heterocycles. The first kappa shape index (κ1) is 22.1. The molecule has 0 fully saturated rings. The van der Waals surface area contributed by atoms with Crippen LogP contribution < -0.4 is 19.7 Å². The van der Waals surface area contributed by atoms with Gasteiger partial charge in [0.1, 0.15) is 13.9 Å². The molecule has 396 valence electrons. The number of fused-ring (bicyclic) bond motifs is 9. The van der Waals surface area contributed by atoms with Crippen molar-refractivity contribution in [3.05, 3.63) is 211 Å². The van der Waals surface area contributed by atoms with Gasteiger partial charge in [-0.15, -0.1) is 29.7 Å². The maximum atomic E-state index is 10.4. The predicted molar refractivity (Wildman–Crippen MR) is 324 cm³/mol. The molecule has 79 heavy (non-hydrogen) atoms. The van der Waals surface area contributed by atoms with E-state index in [1.807, 2.05) is 0 Å². The second kappa shape index (κ2) is 18.2. The van der Waals surface area contributed by atoms with Crippen LogP contribution in [0.1, 0.15) is 163 Å². The molecule has 14 rings (SSSR count). The Balaban J connectivity index is 0.0000130. The molecule has 8 aromatic carbocycles. The summed E-state index contributed by atoms with van der Waals surface area (Å²) in [6.45, 7) is -42.7. The summed E-state index contributed by atoms with van der Waals surface area (Å²) >= 11 is 0. The molecule has 4 heterocycles. The molecular formula is C72H66N4OPtSi-2. The number of ether oxygens (including phenoxy) is 1. The molecule has 0 N–H and O–H groups in total. The Morgan fingerprint density at radius 2 is 1.18 bits per heavy atom. The molecule has 0 saturated heterocycles. The minimum atomic E-state index is -4.89. The molecule has 0 saturated carbocycles. The topological polar surface area (TPSA) is 35.9 Å². The van der Waals surface area contributed by atoms with Crippen LogP contribution in [0.5, 0.6) is 11.5 Å². The minimum Gasteiger partial charge on any atom is -0.510 e. The maximum absolute atomic E-state index is 10.4. The predicted octanol–water partition coefficient (Wildman–Crippen LogP) is 16.4. The van der Waals surface area contributed by atoms with Crippen molar-refractivity contribution in [2.75, 3.05) is 0 Å². The van der Waals surface area contributed by atoms with Gasteiger partial charge in [-0.2, -0.15) is 18.2 Å². The van der Waals surface area contributed by atoms with Gasteiger partial charge in [-0.25, -0.2) is 4.98 Å². The van der Waals surface area contributed by atoms with Gasteiger partial charge in [0.05, 0.1) is 24.9 Å². The molecule has 0 bridgehead atoms. The summed E-state index contributed by atoms with van der Waals surface area (Å²) in [6, 6.07) is 26.0. The van der Waals surface area contributed by atoms with Gasteiger partial charge in [0.2, 0.25) is 0 Å². The van der Waals surface area contributed by atoms with Gasteiger partial charge in [-0.05, 0) is 136 Å². The molecule has 1 aliphatic heterocycles. The van der Waals surface area contributed by atoms with Gasteiger partial charge in [-0.1, -0.05) is 194 Å². The van der Waals surface area contributed by atoms with Crippen LogP contribution in [0.25, 0.3) is 83.4 Å². The molecule has 0 spiro atoms. The van der Waals surface area contributed by atoms with E-state index in [0.717, 1.165) is 22.8 Å². The van der Waals surface area contributed by atoms with Gasteiger partial charge in [-0.3, -0.25) is 4.57 Å². The first-order valence-electron chi connectivity index (χ1n) is 46.1. The van der Waals surface area contributed by atoms with Gasteiger partial charge in [0.15, 0.2) is 0 Å². The molecule has 0 unspecified atom stereocenters. The van der Waals surface area contributed by atoms with Crippen LogP contribution in [-0.4, -0.2) is 22.2 Å². The van der Waals surface area contributed by atoms with Crippen molar-refractivity contribution in [1.29, 1.82) is 0 Å². The number of para-hydroxylation sites is 4. The third-order valence-corrected chi connectivity index (χ3v) is 16.7. The van der Waals surface area contributed by atoms with Crippen LogP contribution in [0.3, 0.4) is 0 Å². The molecule has 7 heteroatoms. The summed E-state index contributed by atoms with van der Waals surface area (Å²) in [5.41, 5.74) is -31.1. The Bertz CT molecular complexity index is 5970. The monoisotopic (exact) mass is 1270 g/mol. The number of benzene rings is 8. The fourth-order valence-corrected chi connectivity index (χ4v) is 12.8. The second-order valence-corrected chi connectivity index (χ2v) is 21.9. The van der Waals surface area contributed by atoms with Crippen LogP contribution in [0.2, 0.25) is 13.0 Å². The number of hydrogen-bond donors (Lipinski definition) is 0. The van der Waals surface area contributed by atoms with E-state index in [-0.39, 0.29) is 71.0 Å². The van der Waals surface area contributed by atoms with Gasteiger partial charge in [0.25, 0.3) is 6.33 Å². The fraction of sp³-hybridized carbons (Fsp3) is 0.250. The number of imidazole rings is 1. The van der Waals surface area contributed by atoms with Gasteiger partial charge >= 0.3 is 0 Å². The van der Waals surface area contributed by atoms with Crippen LogP contribution in [-0.2, 0) is 42.7 Å². The van der Waals surface area contributed by atoms with Crippen molar-refractivity contribution in [1.82, 2.24) is 14.1 Å². The normalized spacial score (nSPS) is 29.3. The number of aromatic nitrogens is 4. The quantitative estimate of drug-likeness (QED) is 0.0906. The molecule has 11 aromatic rings. The van der Waals surface area contributed by atoms with Gasteiger partial charge in [0, 0.05) is 96.4 Å². The van der Waals surface area contributed by atoms with E-state index >= 15 is 0 Å². The minimum absolute atomic E-state index is 0. The summed E-state index contributed by atoms with van der Waals surface area (Å²) in [5, 5.41) is 1.44. The zero-order valence-corrected chi connectivity index (χ0v) is 44.0. The third kappa shape index (κ3) is 8.09. The number of nitrogens with zero attached hydrogens (tertiary/aromatic N) is 4. The molecule has 0 radical (unpaired) electrons. The second-order valence-electron chi connectivity index (χ2n) is 19.3. The van der Waals surface area contributed by atoms with Crippen molar-refractivity contribution in [3.8, 4) is 62.1 Å². The Hall–Kier alpha value is -7.11. The van der Waals surface area contributed by atoms with E-state index in [1.54, 1.807) is 53.1 Å². The average molecular weight is 1270 g/mol. The standard InChI is InChI=1S/C72H66N4OSi.Pt/c1-69(2)35-37-71(5,6)59-39-46(29-33-57(59)69)51-23-18-24-52(47-30-34-58-60(40-47)72(7,8)38-36-70(58,3)4)68(51)75-45-74(62-26-14-15-27-63(62)75)48-19-17-20-49(41-48)77-50-31-32-54-53-21-11-13-25-61(53)76(64(54)42-50)67-43-66-56(44-73-67)55-22-12-16-28-65(55)78(66,9)10;/h11-34,39-40,43-44H,35-38H2,1-10H3;/q-2;/i1D3,2D3,3D3,4D3,5D3,6D3,7D3,8D3,9D3,10D3,29D,30D,33D,34D,35D2,36D2,37D2,38D2,39D,40D;. The van der Waals surface area contributed by atoms with E-state index in [1.165, 1.54) is 71.4 Å². The van der Waals surface area contributed by atoms with E-state index < -0.39 is 209 Å². The van der Waals surface area contributed by atoms with Crippen molar-refractivity contribution in [3.63, 3.8) is 0 Å². The smallest absolute Gasteiger partial charge is 0.268 e. The number of rotatable bonds is 7. The summed E-state index contributed by atoms with van der Waals surface area (Å²) in [4.78, 5) is 4.82. The third-order valence-electron chi connectivity index (χ3n) is 14.3. The van der Waals surface area contributed by atoms with E-state index in [2.05, 4.69) is 18.5 Å². The molecule has 0 amide bonds. The van der Waals surface area contributed by atoms with Gasteiger partial charge < -0.3 is 13.9 Å². The number of hydrogen-bond acceptors (Lipinski definition) is 2. The average Bonchev–Trinajstić information content (AvgIpc) is 1.16. The molecule has 5 nitrogen and oxygen atoms in total. The summed E-state index contributed by atoms with van der Waals surface area (Å²) < 4.78 is 417. The van der Waals surface area contributed by atoms with Crippen molar-refractivity contribution in [2.24, 2.45) is 0 Å². The summed E-state index contributed by atoms with van der Waals surface area (Å²) in [6.07, 6.45) is -15.0. The van der Waals surface area contributed by atoms with Crippen LogP contribution in [0, 0.1) is 18.5 Å². The van der Waals surface area contributed by atoms with Crippen molar-refractivity contribution < 1.29 is 90.7 Å². The van der Waals surface area contributed by atoms with Crippen LogP contribution in [0.4, 0.5) is 0 Å². The van der Waals surface area contributed by atoms with Crippen LogP contribution in [0.15, 0.2) is 170 Å². The summed E-state index contributed by atoms with van der Waals surface area (Å²) in [5.74, 6) is -0.0881. The van der Waals surface area contributed by atoms with Crippen molar-refractivity contribution >= 4 is 51.3 Å². The Kier molecular flexibility index (Phi) is 5.09. The largest absolute Gasteiger partial charge is 0.510 e. The molecular weight excluding hydrogens is 1160 g/mol. The summed E-state index contributed by atoms with van der Waals surface area (Å²) in [7, 11) is -4.74. The molecule has 2 aliphatic carbocycles. The zero-order valence-electron chi connectivity index (χ0n) is 84.7. The number of pyridine rings is 1. The maximum Gasteiger partial charge on any atom is 0.268 e. The first-order chi connectivity index (χ1) is 55.5. The Morgan fingerprint density at radius 3 is 1.86 bits per heavy atom. The molecule has 3 aliphatic rings.